The molecular formula is C27H27FN6OS. The number of thioether (sulfide) groups is 1. The van der Waals surface area contributed by atoms with Crippen molar-refractivity contribution in [3.05, 3.63) is 88.5 Å². The summed E-state index contributed by atoms with van der Waals surface area (Å²) in [5.74, 6) is 1.42. The third-order valence-electron chi connectivity index (χ3n) is 5.57. The maximum atomic E-state index is 12.1. The highest BCUT2D eigenvalue weighted by atomic mass is 32.2. The van der Waals surface area contributed by atoms with Crippen LogP contribution in [0.4, 0.5) is 15.9 Å². The van der Waals surface area contributed by atoms with Gasteiger partial charge in [-0.25, -0.2) is 9.98 Å². The lowest BCUT2D eigenvalue weighted by molar-refractivity contribution is -0.00618. The summed E-state index contributed by atoms with van der Waals surface area (Å²) in [4.78, 5) is 14.2. The Hall–Kier alpha value is -3.98. The summed E-state index contributed by atoms with van der Waals surface area (Å²) < 4.78 is 12.1. The van der Waals surface area contributed by atoms with E-state index in [1.165, 1.54) is 40.8 Å². The summed E-state index contributed by atoms with van der Waals surface area (Å²) in [6.45, 7) is 7.31. The summed E-state index contributed by atoms with van der Waals surface area (Å²) in [6, 6.07) is 18.1. The lowest BCUT2D eigenvalue weighted by Gasteiger charge is -2.22. The van der Waals surface area contributed by atoms with Gasteiger partial charge in [0.05, 0.1) is 11.9 Å². The second-order valence-corrected chi connectivity index (χ2v) is 9.39. The van der Waals surface area contributed by atoms with E-state index in [-0.39, 0.29) is 5.75 Å². The molecule has 2 N–H and O–H groups in total. The number of hydrogen-bond donors (Lipinski definition) is 1. The van der Waals surface area contributed by atoms with E-state index in [4.69, 9.17) is 5.73 Å². The van der Waals surface area contributed by atoms with Gasteiger partial charge in [-0.2, -0.15) is 5.10 Å². The Morgan fingerprint density at radius 2 is 1.72 bits per heavy atom. The minimum absolute atomic E-state index is 0.114. The van der Waals surface area contributed by atoms with Crippen LogP contribution < -0.4 is 15.6 Å². The van der Waals surface area contributed by atoms with Crippen LogP contribution in [-0.2, 0) is 0 Å². The summed E-state index contributed by atoms with van der Waals surface area (Å²) in [6.07, 6.45) is 3.08. The largest absolute Gasteiger partial charge is 0.383 e. The number of hydrogen-bond acceptors (Lipinski definition) is 5. The summed E-state index contributed by atoms with van der Waals surface area (Å²) >= 11 is 1.71. The van der Waals surface area contributed by atoms with Crippen molar-refractivity contribution in [2.24, 2.45) is 25.9 Å². The molecule has 36 heavy (non-hydrogen) atoms. The maximum Gasteiger partial charge on any atom is 0.190 e. The van der Waals surface area contributed by atoms with Crippen LogP contribution in [0, 0.1) is 20.8 Å². The Labute approximate surface area is 214 Å². The number of halogens is 1. The van der Waals surface area contributed by atoms with Crippen molar-refractivity contribution in [3.8, 4) is 5.75 Å². The molecule has 0 unspecified atom stereocenters. The van der Waals surface area contributed by atoms with Crippen molar-refractivity contribution in [1.29, 1.82) is 0 Å². The molecule has 7 nitrogen and oxygen atoms in total. The zero-order chi connectivity index (χ0) is 25.5. The van der Waals surface area contributed by atoms with E-state index in [1.54, 1.807) is 30.1 Å². The predicted molar refractivity (Wildman–Crippen MR) is 149 cm³/mol. The van der Waals surface area contributed by atoms with E-state index in [0.717, 1.165) is 28.6 Å². The Balaban J connectivity index is 1.41. The van der Waals surface area contributed by atoms with Crippen LogP contribution in [0.15, 0.2) is 80.9 Å². The fourth-order valence-electron chi connectivity index (χ4n) is 3.99. The Kier molecular flexibility index (Phi) is 8.12. The molecule has 3 aromatic rings. The van der Waals surface area contributed by atoms with Crippen molar-refractivity contribution in [3.63, 3.8) is 0 Å². The minimum atomic E-state index is 0.114. The molecular weight excluding hydrogens is 475 g/mol. The van der Waals surface area contributed by atoms with Gasteiger partial charge in [-0.3, -0.25) is 4.94 Å². The van der Waals surface area contributed by atoms with Crippen LogP contribution in [0.3, 0.4) is 0 Å². The molecule has 0 bridgehead atoms. The molecule has 0 aromatic heterocycles. The van der Waals surface area contributed by atoms with Crippen LogP contribution in [0.25, 0.3) is 0 Å². The first-order chi connectivity index (χ1) is 17.4. The molecule has 0 radical (unpaired) electrons. The molecule has 9 heteroatoms. The van der Waals surface area contributed by atoms with E-state index in [0.29, 0.717) is 11.5 Å². The minimum Gasteiger partial charge on any atom is -0.383 e. The van der Waals surface area contributed by atoms with Gasteiger partial charge in [-0.15, -0.1) is 5.10 Å². The first kappa shape index (κ1) is 25.1. The molecule has 184 valence electrons. The number of rotatable bonds is 7. The van der Waals surface area contributed by atoms with Gasteiger partial charge in [0.1, 0.15) is 12.2 Å². The topological polar surface area (TPSA) is 87.9 Å². The number of benzene rings is 3. The molecule has 1 fully saturated rings. The van der Waals surface area contributed by atoms with Gasteiger partial charge in [-0.1, -0.05) is 53.7 Å². The summed E-state index contributed by atoms with van der Waals surface area (Å²) in [5.41, 5.74) is 13.3. The molecule has 3 aromatic carbocycles. The average molecular weight is 503 g/mol. The van der Waals surface area contributed by atoms with E-state index in [1.807, 2.05) is 24.3 Å². The van der Waals surface area contributed by atoms with E-state index in [2.05, 4.69) is 62.9 Å². The molecule has 0 atom stereocenters. The number of aliphatic imine (C=N–C) groups is 2. The maximum absolute atomic E-state index is 12.1. The molecule has 0 amide bonds. The Morgan fingerprint density at radius 1 is 1.03 bits per heavy atom. The zero-order valence-electron chi connectivity index (χ0n) is 20.4. The molecule has 0 spiro atoms. The SMILES string of the molecule is Cc1cc(C)c(N2CCS/C2=N\N=C\c2ccc(C(N)=NC=Nc3ccc(OF)cc3)cc2)c(C)c1. The Morgan fingerprint density at radius 3 is 2.39 bits per heavy atom. The summed E-state index contributed by atoms with van der Waals surface area (Å²) in [5, 5.41) is 9.73. The van der Waals surface area contributed by atoms with Crippen molar-refractivity contribution in [1.82, 2.24) is 0 Å². The second-order valence-electron chi connectivity index (χ2n) is 8.33. The highest BCUT2D eigenvalue weighted by Crippen LogP contribution is 2.32. The highest BCUT2D eigenvalue weighted by molar-refractivity contribution is 8.14. The van der Waals surface area contributed by atoms with Crippen LogP contribution in [0.5, 0.6) is 5.75 Å². The van der Waals surface area contributed by atoms with Crippen molar-refractivity contribution < 1.29 is 9.47 Å². The molecule has 0 saturated carbocycles. The fourth-order valence-corrected chi connectivity index (χ4v) is 4.89. The monoisotopic (exact) mass is 502 g/mol. The number of nitrogens with zero attached hydrogens (tertiary/aromatic N) is 5. The van der Waals surface area contributed by atoms with Gasteiger partial charge >= 0.3 is 0 Å². The van der Waals surface area contributed by atoms with Gasteiger partial charge in [0.2, 0.25) is 0 Å². The van der Waals surface area contributed by atoms with Crippen molar-refractivity contribution in [2.45, 2.75) is 20.8 Å². The van der Waals surface area contributed by atoms with Crippen LogP contribution in [0.1, 0.15) is 27.8 Å². The smallest absolute Gasteiger partial charge is 0.190 e. The number of anilines is 1. The van der Waals surface area contributed by atoms with E-state index in [9.17, 15) is 4.53 Å². The normalized spacial score (nSPS) is 15.5. The average Bonchev–Trinajstić information content (AvgIpc) is 3.32. The van der Waals surface area contributed by atoms with Gasteiger partial charge in [0.15, 0.2) is 10.9 Å². The standard InChI is InChI=1S/C27H27FN6OS/c1-18-14-19(2)25(20(3)15-18)34-12-13-36-27(34)33-32-16-21-4-6-22(7-5-21)26(29)31-17-30-23-8-10-24(35-28)11-9-23/h4-11,14-17H,12-13H2,1-3H3,(H2,29,30,31)/b32-16+,33-27-. The van der Waals surface area contributed by atoms with Crippen molar-refractivity contribution >= 4 is 46.7 Å². The third-order valence-corrected chi connectivity index (χ3v) is 6.52. The van der Waals surface area contributed by atoms with Crippen molar-refractivity contribution in [2.75, 3.05) is 17.2 Å². The van der Waals surface area contributed by atoms with Gasteiger partial charge in [0, 0.05) is 28.1 Å². The quantitative estimate of drug-likeness (QED) is 0.248. The highest BCUT2D eigenvalue weighted by Gasteiger charge is 2.24. The molecule has 1 aliphatic heterocycles. The Bertz CT molecular complexity index is 1310. The zero-order valence-corrected chi connectivity index (χ0v) is 21.2. The number of nitrogens with two attached hydrogens (primary N) is 1. The molecule has 1 heterocycles. The first-order valence-electron chi connectivity index (χ1n) is 11.4. The fraction of sp³-hybridized carbons (Fsp3) is 0.185. The van der Waals surface area contributed by atoms with E-state index < -0.39 is 0 Å². The molecule has 1 saturated heterocycles. The van der Waals surface area contributed by atoms with Crippen LogP contribution in [0.2, 0.25) is 0 Å². The predicted octanol–water partition coefficient (Wildman–Crippen LogP) is 5.88. The lowest BCUT2D eigenvalue weighted by Crippen LogP contribution is -2.25. The molecule has 1 aliphatic rings. The first-order valence-corrected chi connectivity index (χ1v) is 12.4. The number of amidine groups is 2. The van der Waals surface area contributed by atoms with Gasteiger partial charge in [-0.05, 0) is 61.7 Å². The van der Waals surface area contributed by atoms with Crippen LogP contribution >= 0.6 is 11.8 Å². The van der Waals surface area contributed by atoms with Crippen LogP contribution in [-0.4, -0.2) is 35.9 Å². The number of aryl methyl sites for hydroxylation is 3. The molecule has 0 aliphatic carbocycles. The lowest BCUT2D eigenvalue weighted by atomic mass is 10.0. The second kappa shape index (κ2) is 11.6. The van der Waals surface area contributed by atoms with E-state index >= 15 is 0 Å². The molecule has 4 rings (SSSR count). The summed E-state index contributed by atoms with van der Waals surface area (Å²) in [7, 11) is 0. The third kappa shape index (κ3) is 6.17. The van der Waals surface area contributed by atoms with Gasteiger partial charge in [0.25, 0.3) is 0 Å². The van der Waals surface area contributed by atoms with Gasteiger partial charge < -0.3 is 10.6 Å².